The zero-order valence-electron chi connectivity index (χ0n) is 12.1. The lowest BCUT2D eigenvalue weighted by Gasteiger charge is -2.12. The maximum atomic E-state index is 13.7. The molecule has 6 heteroatoms. The van der Waals surface area contributed by atoms with Gasteiger partial charge in [0, 0.05) is 11.1 Å². The summed E-state index contributed by atoms with van der Waals surface area (Å²) in [5.74, 6) is -0.221. The molecule has 110 valence electrons. The summed E-state index contributed by atoms with van der Waals surface area (Å²) in [5, 5.41) is 1.02. The fraction of sp³-hybridized carbons (Fsp3) is 0.333. The zero-order chi connectivity index (χ0) is 15.1. The Morgan fingerprint density at radius 1 is 1.48 bits per heavy atom. The molecule has 3 aromatic rings. The van der Waals surface area contributed by atoms with Crippen molar-refractivity contribution in [1.29, 1.82) is 0 Å². The summed E-state index contributed by atoms with van der Waals surface area (Å²) in [4.78, 5) is 8.83. The van der Waals surface area contributed by atoms with E-state index in [0.717, 1.165) is 22.5 Å². The average Bonchev–Trinajstić information content (AvgIpc) is 3.03. The van der Waals surface area contributed by atoms with E-state index in [0.29, 0.717) is 10.3 Å². The second kappa shape index (κ2) is 5.35. The number of H-pyrrole nitrogens is 1. The first-order valence-corrected chi connectivity index (χ1v) is 8.08. The van der Waals surface area contributed by atoms with Crippen molar-refractivity contribution in [2.45, 2.75) is 33.2 Å². The first-order chi connectivity index (χ1) is 10.0. The minimum absolute atomic E-state index is 0.0291. The predicted molar refractivity (Wildman–Crippen MR) is 87.1 cm³/mol. The topological polar surface area (TPSA) is 33.6 Å². The third-order valence-electron chi connectivity index (χ3n) is 3.66. The number of thiazole rings is 1. The van der Waals surface area contributed by atoms with Gasteiger partial charge in [0.25, 0.3) is 0 Å². The van der Waals surface area contributed by atoms with E-state index in [1.807, 2.05) is 16.8 Å². The number of fused-ring (bicyclic) bond motifs is 1. The molecule has 1 N–H and O–H groups in total. The van der Waals surface area contributed by atoms with Crippen LogP contribution in [-0.2, 0) is 6.42 Å². The highest BCUT2D eigenvalue weighted by molar-refractivity contribution is 7.71. The molecule has 1 aromatic carbocycles. The van der Waals surface area contributed by atoms with Crippen molar-refractivity contribution in [1.82, 2.24) is 14.5 Å². The minimum atomic E-state index is -0.221. The molecule has 0 radical (unpaired) electrons. The van der Waals surface area contributed by atoms with E-state index in [1.165, 1.54) is 10.9 Å². The zero-order valence-corrected chi connectivity index (χ0v) is 13.7. The molecule has 2 heterocycles. The number of aromatic amines is 1. The van der Waals surface area contributed by atoms with Gasteiger partial charge < -0.3 is 9.55 Å². The molecular formula is C15H16FN3S2. The number of benzene rings is 1. The van der Waals surface area contributed by atoms with Crippen LogP contribution in [0.1, 0.15) is 35.3 Å². The lowest BCUT2D eigenvalue weighted by Crippen LogP contribution is -2.06. The van der Waals surface area contributed by atoms with Crippen molar-refractivity contribution >= 4 is 34.6 Å². The quantitative estimate of drug-likeness (QED) is 0.705. The van der Waals surface area contributed by atoms with E-state index in [1.54, 1.807) is 18.3 Å². The Morgan fingerprint density at radius 3 is 2.90 bits per heavy atom. The molecule has 0 bridgehead atoms. The van der Waals surface area contributed by atoms with Crippen molar-refractivity contribution in [3.8, 4) is 0 Å². The van der Waals surface area contributed by atoms with Crippen molar-refractivity contribution in [3.05, 3.63) is 44.4 Å². The molecular weight excluding hydrogens is 305 g/mol. The molecule has 0 aliphatic rings. The van der Waals surface area contributed by atoms with E-state index >= 15 is 0 Å². The Labute approximate surface area is 131 Å². The molecule has 0 amide bonds. The van der Waals surface area contributed by atoms with Gasteiger partial charge in [0.1, 0.15) is 10.8 Å². The number of rotatable bonds is 3. The van der Waals surface area contributed by atoms with Gasteiger partial charge in [0.2, 0.25) is 0 Å². The molecule has 3 nitrogen and oxygen atoms in total. The van der Waals surface area contributed by atoms with Gasteiger partial charge >= 0.3 is 0 Å². The van der Waals surface area contributed by atoms with E-state index in [-0.39, 0.29) is 11.9 Å². The smallest absolute Gasteiger partial charge is 0.178 e. The fourth-order valence-electron chi connectivity index (χ4n) is 2.42. The lowest BCUT2D eigenvalue weighted by atomic mass is 10.2. The van der Waals surface area contributed by atoms with Gasteiger partial charge in [-0.15, -0.1) is 11.3 Å². The molecule has 0 fully saturated rings. The molecule has 0 aliphatic heterocycles. The molecule has 0 saturated carbocycles. The third-order valence-corrected chi connectivity index (χ3v) is 5.27. The largest absolute Gasteiger partial charge is 0.330 e. The standard InChI is InChI=1S/C15H16FN3S2/c1-4-10-7-17-14(21-10)9(3)19-13-5-8(2)11(16)6-12(13)18-15(19)20/h5-7,9H,4H2,1-3H3,(H,18,20). The highest BCUT2D eigenvalue weighted by Gasteiger charge is 2.17. The highest BCUT2D eigenvalue weighted by atomic mass is 32.1. The monoisotopic (exact) mass is 321 g/mol. The van der Waals surface area contributed by atoms with E-state index < -0.39 is 0 Å². The predicted octanol–water partition coefficient (Wildman–Crippen LogP) is 4.77. The summed E-state index contributed by atoms with van der Waals surface area (Å²) < 4.78 is 16.3. The van der Waals surface area contributed by atoms with Gasteiger partial charge in [-0.2, -0.15) is 0 Å². The Hall–Kier alpha value is -1.53. The van der Waals surface area contributed by atoms with Crippen molar-refractivity contribution in [2.75, 3.05) is 0 Å². The van der Waals surface area contributed by atoms with Gasteiger partial charge in [0.05, 0.1) is 17.1 Å². The van der Waals surface area contributed by atoms with Crippen LogP contribution < -0.4 is 0 Å². The summed E-state index contributed by atoms with van der Waals surface area (Å²) in [6, 6.07) is 3.37. The van der Waals surface area contributed by atoms with Crippen LogP contribution in [0, 0.1) is 17.5 Å². The van der Waals surface area contributed by atoms with Gasteiger partial charge in [-0.1, -0.05) is 6.92 Å². The second-order valence-corrected chi connectivity index (χ2v) is 6.65. The van der Waals surface area contributed by atoms with Crippen LogP contribution in [0.15, 0.2) is 18.3 Å². The van der Waals surface area contributed by atoms with Gasteiger partial charge in [-0.05, 0) is 50.2 Å². The molecule has 0 aliphatic carbocycles. The summed E-state index contributed by atoms with van der Waals surface area (Å²) in [5.41, 5.74) is 2.26. The number of hydrogen-bond donors (Lipinski definition) is 1. The van der Waals surface area contributed by atoms with E-state index in [9.17, 15) is 4.39 Å². The minimum Gasteiger partial charge on any atom is -0.330 e. The number of hydrogen-bond acceptors (Lipinski definition) is 3. The van der Waals surface area contributed by atoms with Gasteiger partial charge in [-0.3, -0.25) is 0 Å². The van der Waals surface area contributed by atoms with Crippen molar-refractivity contribution < 1.29 is 4.39 Å². The Morgan fingerprint density at radius 2 is 2.24 bits per heavy atom. The summed E-state index contributed by atoms with van der Waals surface area (Å²) in [6.07, 6.45) is 2.90. The molecule has 1 unspecified atom stereocenters. The SMILES string of the molecule is CCc1cnc(C(C)n2c(=S)[nH]c3cc(F)c(C)cc32)s1. The molecule has 1 atom stereocenters. The normalized spacial score (nSPS) is 13.0. The Balaban J connectivity index is 2.17. The fourth-order valence-corrected chi connectivity index (χ4v) is 3.69. The second-order valence-electron chi connectivity index (χ2n) is 5.11. The van der Waals surface area contributed by atoms with Crippen molar-refractivity contribution in [3.63, 3.8) is 0 Å². The Kier molecular flexibility index (Phi) is 3.67. The van der Waals surface area contributed by atoms with Gasteiger partial charge in [0.15, 0.2) is 4.77 Å². The van der Waals surface area contributed by atoms with Crippen LogP contribution in [0.2, 0.25) is 0 Å². The number of aromatic nitrogens is 3. The molecule has 0 saturated heterocycles. The average molecular weight is 321 g/mol. The molecule has 3 rings (SSSR count). The van der Waals surface area contributed by atoms with Crippen LogP contribution in [-0.4, -0.2) is 14.5 Å². The number of aryl methyl sites for hydroxylation is 2. The number of imidazole rings is 1. The summed E-state index contributed by atoms with van der Waals surface area (Å²) in [6.45, 7) is 5.95. The number of halogens is 1. The number of nitrogens with zero attached hydrogens (tertiary/aromatic N) is 2. The first kappa shape index (κ1) is 14.4. The van der Waals surface area contributed by atoms with Crippen LogP contribution >= 0.6 is 23.6 Å². The summed E-state index contributed by atoms with van der Waals surface area (Å²) in [7, 11) is 0. The lowest BCUT2D eigenvalue weighted by molar-refractivity contribution is 0.619. The third kappa shape index (κ3) is 2.42. The van der Waals surface area contributed by atoms with Crippen LogP contribution in [0.3, 0.4) is 0 Å². The highest BCUT2D eigenvalue weighted by Crippen LogP contribution is 2.28. The summed E-state index contributed by atoms with van der Waals surface area (Å²) >= 11 is 7.11. The van der Waals surface area contributed by atoms with Crippen LogP contribution in [0.5, 0.6) is 0 Å². The van der Waals surface area contributed by atoms with E-state index in [4.69, 9.17) is 12.2 Å². The number of nitrogens with one attached hydrogen (secondary N) is 1. The van der Waals surface area contributed by atoms with Crippen molar-refractivity contribution in [2.24, 2.45) is 0 Å². The van der Waals surface area contributed by atoms with E-state index in [2.05, 4.69) is 23.8 Å². The maximum Gasteiger partial charge on any atom is 0.178 e. The molecule has 2 aromatic heterocycles. The maximum absolute atomic E-state index is 13.7. The molecule has 21 heavy (non-hydrogen) atoms. The van der Waals surface area contributed by atoms with Gasteiger partial charge in [-0.25, -0.2) is 9.37 Å². The van der Waals surface area contributed by atoms with Crippen LogP contribution in [0.4, 0.5) is 4.39 Å². The first-order valence-electron chi connectivity index (χ1n) is 6.86. The van der Waals surface area contributed by atoms with Crippen LogP contribution in [0.25, 0.3) is 11.0 Å². The Bertz CT molecular complexity index is 860. The molecule has 0 spiro atoms.